The van der Waals surface area contributed by atoms with Gasteiger partial charge in [-0.15, -0.1) is 0 Å². The first-order valence-electron chi connectivity index (χ1n) is 8.71. The number of benzene rings is 1. The van der Waals surface area contributed by atoms with Crippen molar-refractivity contribution in [3.8, 4) is 0 Å². The van der Waals surface area contributed by atoms with Crippen molar-refractivity contribution in [3.05, 3.63) is 64.6 Å². The molecule has 5 heteroatoms. The van der Waals surface area contributed by atoms with Gasteiger partial charge in [0.25, 0.3) is 5.91 Å². The Balaban J connectivity index is 2.02. The molecule has 1 amide bonds. The molecule has 26 heavy (non-hydrogen) atoms. The lowest BCUT2D eigenvalue weighted by atomic mass is 10.0. The Bertz CT molecular complexity index is 931. The lowest BCUT2D eigenvalue weighted by Gasteiger charge is -2.27. The van der Waals surface area contributed by atoms with Crippen LogP contribution in [0, 0.1) is 20.8 Å². The molecule has 3 aromatic rings. The standard InChI is InChI=1S/C21H25N3O2/c1-13-9-10-14(2)19-18(13)15(3)20(23-19)21(25)24(4)17(12-26-5)16-8-6-7-11-22-16/h6-11,17,23H,12H2,1-5H3. The summed E-state index contributed by atoms with van der Waals surface area (Å²) >= 11 is 0. The quantitative estimate of drug-likeness (QED) is 0.757. The van der Waals surface area contributed by atoms with E-state index in [0.29, 0.717) is 12.3 Å². The second kappa shape index (κ2) is 7.30. The lowest BCUT2D eigenvalue weighted by Crippen LogP contribution is -2.34. The van der Waals surface area contributed by atoms with Crippen molar-refractivity contribution in [2.24, 2.45) is 0 Å². The van der Waals surface area contributed by atoms with Gasteiger partial charge in [-0.25, -0.2) is 0 Å². The molecule has 2 aromatic heterocycles. The van der Waals surface area contributed by atoms with Crippen LogP contribution in [0.1, 0.15) is 38.9 Å². The first kappa shape index (κ1) is 18.1. The zero-order valence-corrected chi connectivity index (χ0v) is 16.0. The molecule has 1 atom stereocenters. The molecule has 0 bridgehead atoms. The maximum atomic E-state index is 13.3. The number of carbonyl (C=O) groups excluding carboxylic acids is 1. The minimum absolute atomic E-state index is 0.0646. The number of nitrogens with one attached hydrogen (secondary N) is 1. The second-order valence-corrected chi connectivity index (χ2v) is 6.72. The van der Waals surface area contributed by atoms with Crippen LogP contribution >= 0.6 is 0 Å². The van der Waals surface area contributed by atoms with Crippen LogP contribution in [0.25, 0.3) is 10.9 Å². The molecular weight excluding hydrogens is 326 g/mol. The van der Waals surface area contributed by atoms with Crippen molar-refractivity contribution in [3.63, 3.8) is 0 Å². The monoisotopic (exact) mass is 351 g/mol. The fourth-order valence-electron chi connectivity index (χ4n) is 3.46. The normalized spacial score (nSPS) is 12.3. The van der Waals surface area contributed by atoms with Crippen LogP contribution in [0.15, 0.2) is 36.5 Å². The Morgan fingerprint density at radius 2 is 1.92 bits per heavy atom. The number of hydrogen-bond donors (Lipinski definition) is 1. The van der Waals surface area contributed by atoms with Crippen LogP contribution in [0.5, 0.6) is 0 Å². The van der Waals surface area contributed by atoms with E-state index in [-0.39, 0.29) is 11.9 Å². The smallest absolute Gasteiger partial charge is 0.270 e. The van der Waals surface area contributed by atoms with Crippen molar-refractivity contribution < 1.29 is 9.53 Å². The van der Waals surface area contributed by atoms with E-state index in [1.165, 1.54) is 5.56 Å². The zero-order chi connectivity index (χ0) is 18.8. The minimum atomic E-state index is -0.248. The van der Waals surface area contributed by atoms with Crippen LogP contribution < -0.4 is 0 Å². The van der Waals surface area contributed by atoms with Crippen LogP contribution in [0.3, 0.4) is 0 Å². The fraction of sp³-hybridized carbons (Fsp3) is 0.333. The highest BCUT2D eigenvalue weighted by Gasteiger charge is 2.27. The van der Waals surface area contributed by atoms with Gasteiger partial charge in [0, 0.05) is 31.3 Å². The van der Waals surface area contributed by atoms with E-state index < -0.39 is 0 Å². The number of hydrogen-bond acceptors (Lipinski definition) is 3. The Morgan fingerprint density at radius 1 is 1.19 bits per heavy atom. The third kappa shape index (κ3) is 3.10. The molecule has 0 fully saturated rings. The summed E-state index contributed by atoms with van der Waals surface area (Å²) < 4.78 is 5.35. The van der Waals surface area contributed by atoms with Gasteiger partial charge in [-0.3, -0.25) is 9.78 Å². The molecule has 2 heterocycles. The maximum absolute atomic E-state index is 13.3. The Morgan fingerprint density at radius 3 is 2.54 bits per heavy atom. The highest BCUT2D eigenvalue weighted by molar-refractivity contribution is 6.02. The first-order chi connectivity index (χ1) is 12.5. The van der Waals surface area contributed by atoms with Crippen LogP contribution in [-0.4, -0.2) is 41.5 Å². The summed E-state index contributed by atoms with van der Waals surface area (Å²) in [5.41, 5.74) is 5.74. The molecule has 5 nitrogen and oxygen atoms in total. The summed E-state index contributed by atoms with van der Waals surface area (Å²) in [6, 6.07) is 9.62. The number of pyridine rings is 1. The summed E-state index contributed by atoms with van der Waals surface area (Å²) in [6.45, 7) is 6.51. The van der Waals surface area contributed by atoms with E-state index in [0.717, 1.165) is 27.7 Å². The van der Waals surface area contributed by atoms with Crippen molar-refractivity contribution in [1.29, 1.82) is 0 Å². The largest absolute Gasteiger partial charge is 0.382 e. The minimum Gasteiger partial charge on any atom is -0.382 e. The van der Waals surface area contributed by atoms with Crippen LogP contribution in [0.2, 0.25) is 0 Å². The topological polar surface area (TPSA) is 58.2 Å². The third-order valence-corrected chi connectivity index (χ3v) is 4.98. The molecule has 0 aliphatic rings. The van der Waals surface area contributed by atoms with Gasteiger partial charge in [-0.1, -0.05) is 18.2 Å². The van der Waals surface area contributed by atoms with Crippen LogP contribution in [-0.2, 0) is 4.74 Å². The highest BCUT2D eigenvalue weighted by Crippen LogP contribution is 2.29. The van der Waals surface area contributed by atoms with Gasteiger partial charge in [0.15, 0.2) is 0 Å². The molecule has 3 rings (SSSR count). The number of aromatic nitrogens is 2. The Kier molecular flexibility index (Phi) is 5.09. The van der Waals surface area contributed by atoms with Gasteiger partial charge in [-0.05, 0) is 49.6 Å². The van der Waals surface area contributed by atoms with Gasteiger partial charge >= 0.3 is 0 Å². The molecule has 0 radical (unpaired) electrons. The molecule has 0 saturated carbocycles. The van der Waals surface area contributed by atoms with E-state index >= 15 is 0 Å². The number of carbonyl (C=O) groups is 1. The number of ether oxygens (including phenoxy) is 1. The average Bonchev–Trinajstić information content (AvgIpc) is 3.01. The number of H-pyrrole nitrogens is 1. The van der Waals surface area contributed by atoms with Gasteiger partial charge in [-0.2, -0.15) is 0 Å². The predicted molar refractivity (Wildman–Crippen MR) is 103 cm³/mol. The van der Waals surface area contributed by atoms with Gasteiger partial charge in [0.2, 0.25) is 0 Å². The highest BCUT2D eigenvalue weighted by atomic mass is 16.5. The lowest BCUT2D eigenvalue weighted by molar-refractivity contribution is 0.0590. The molecule has 0 aliphatic heterocycles. The van der Waals surface area contributed by atoms with Crippen molar-refractivity contribution in [2.45, 2.75) is 26.8 Å². The maximum Gasteiger partial charge on any atom is 0.270 e. The molecule has 0 saturated heterocycles. The van der Waals surface area contributed by atoms with Crippen molar-refractivity contribution in [2.75, 3.05) is 20.8 Å². The molecule has 1 aromatic carbocycles. The van der Waals surface area contributed by atoms with Crippen molar-refractivity contribution >= 4 is 16.8 Å². The molecule has 0 spiro atoms. The molecule has 1 unspecified atom stereocenters. The average molecular weight is 351 g/mol. The predicted octanol–water partition coefficient (Wildman–Crippen LogP) is 3.95. The van der Waals surface area contributed by atoms with E-state index in [1.807, 2.05) is 25.1 Å². The molecular formula is C21H25N3O2. The van der Waals surface area contributed by atoms with Gasteiger partial charge in [0.05, 0.1) is 18.3 Å². The number of fused-ring (bicyclic) bond motifs is 1. The number of rotatable bonds is 5. The summed E-state index contributed by atoms with van der Waals surface area (Å²) in [6.07, 6.45) is 1.73. The van der Waals surface area contributed by atoms with Gasteiger partial charge in [0.1, 0.15) is 5.69 Å². The van der Waals surface area contributed by atoms with Gasteiger partial charge < -0.3 is 14.6 Å². The van der Waals surface area contributed by atoms with Crippen LogP contribution in [0.4, 0.5) is 0 Å². The summed E-state index contributed by atoms with van der Waals surface area (Å²) in [4.78, 5) is 22.7. The number of methoxy groups -OCH3 is 1. The summed E-state index contributed by atoms with van der Waals surface area (Å²) in [5.74, 6) is -0.0646. The number of likely N-dealkylation sites (N-methyl/N-ethyl adjacent to an activating group) is 1. The second-order valence-electron chi connectivity index (χ2n) is 6.72. The summed E-state index contributed by atoms with van der Waals surface area (Å²) in [7, 11) is 3.43. The molecule has 1 N–H and O–H groups in total. The van der Waals surface area contributed by atoms with E-state index in [1.54, 1.807) is 25.3 Å². The Hall–Kier alpha value is -2.66. The Labute approximate surface area is 154 Å². The molecule has 0 aliphatic carbocycles. The fourth-order valence-corrected chi connectivity index (χ4v) is 3.46. The van der Waals surface area contributed by atoms with Crippen molar-refractivity contribution in [1.82, 2.24) is 14.9 Å². The first-order valence-corrected chi connectivity index (χ1v) is 8.71. The number of nitrogens with zero attached hydrogens (tertiary/aromatic N) is 2. The number of amides is 1. The van der Waals surface area contributed by atoms with E-state index in [2.05, 4.69) is 35.9 Å². The zero-order valence-electron chi connectivity index (χ0n) is 16.0. The van der Waals surface area contributed by atoms with E-state index in [4.69, 9.17) is 4.74 Å². The third-order valence-electron chi connectivity index (χ3n) is 4.98. The number of aryl methyl sites for hydroxylation is 3. The SMILES string of the molecule is COCC(c1ccccn1)N(C)C(=O)c1[nH]c2c(C)ccc(C)c2c1C. The number of aromatic amines is 1. The van der Waals surface area contributed by atoms with E-state index in [9.17, 15) is 4.79 Å². The molecule has 136 valence electrons. The summed E-state index contributed by atoms with van der Waals surface area (Å²) in [5, 5.41) is 1.13.